The lowest BCUT2D eigenvalue weighted by molar-refractivity contribution is -0.324. The first-order chi connectivity index (χ1) is 8.75. The van der Waals surface area contributed by atoms with Crippen molar-refractivity contribution in [2.24, 2.45) is 5.92 Å². The van der Waals surface area contributed by atoms with E-state index in [9.17, 15) is 10.0 Å². The third-order valence-electron chi connectivity index (χ3n) is 5.18. The van der Waals surface area contributed by atoms with Crippen molar-refractivity contribution in [3.8, 4) is 0 Å². The van der Waals surface area contributed by atoms with Crippen LogP contribution in [0.2, 0.25) is 0 Å². The molecule has 19 heavy (non-hydrogen) atoms. The molecule has 4 unspecified atom stereocenters. The molecule has 0 aromatic heterocycles. The minimum absolute atomic E-state index is 0.0464. The number of piperidine rings is 1. The normalized spacial score (nSPS) is 40.2. The number of hydroxylamine groups is 2. The Labute approximate surface area is 117 Å². The van der Waals surface area contributed by atoms with Crippen LogP contribution < -0.4 is 0 Å². The Morgan fingerprint density at radius 2 is 1.84 bits per heavy atom. The van der Waals surface area contributed by atoms with E-state index in [1.165, 1.54) is 5.06 Å². The minimum atomic E-state index is -0.471. The highest BCUT2D eigenvalue weighted by Gasteiger charge is 2.54. The summed E-state index contributed by atoms with van der Waals surface area (Å²) in [6, 6.07) is 0. The van der Waals surface area contributed by atoms with E-state index in [4.69, 9.17) is 4.74 Å². The lowest BCUT2D eigenvalue weighted by atomic mass is 9.69. The van der Waals surface area contributed by atoms with Gasteiger partial charge in [-0.25, -0.2) is 0 Å². The number of hydrogen-bond acceptors (Lipinski definition) is 3. The lowest BCUT2D eigenvalue weighted by Gasteiger charge is -2.55. The van der Waals surface area contributed by atoms with Crippen LogP contribution in [0.25, 0.3) is 0 Å². The topological polar surface area (TPSA) is 49.4 Å². The van der Waals surface area contributed by atoms with Gasteiger partial charge in [0.2, 0.25) is 0 Å². The molecule has 1 aliphatic heterocycles. The van der Waals surface area contributed by atoms with Gasteiger partial charge in [-0.1, -0.05) is 27.7 Å². The van der Waals surface area contributed by atoms with Crippen molar-refractivity contribution < 1.29 is 14.7 Å². The molecule has 1 aliphatic rings. The summed E-state index contributed by atoms with van der Waals surface area (Å²) < 4.78 is 5.59. The Morgan fingerprint density at radius 1 is 1.26 bits per heavy atom. The molecule has 1 radical (unpaired) electrons. The fourth-order valence-corrected chi connectivity index (χ4v) is 3.04. The van der Waals surface area contributed by atoms with Crippen molar-refractivity contribution in [3.05, 3.63) is 0 Å². The van der Waals surface area contributed by atoms with Gasteiger partial charge < -0.3 is 4.74 Å². The molecule has 111 valence electrons. The van der Waals surface area contributed by atoms with E-state index in [-0.39, 0.29) is 18.0 Å². The van der Waals surface area contributed by atoms with Crippen LogP contribution >= 0.6 is 0 Å². The Balaban J connectivity index is 3.05. The number of carbonyl (C=O) groups excluding carboxylic acids is 1. The lowest BCUT2D eigenvalue weighted by Crippen LogP contribution is -2.66. The zero-order valence-electron chi connectivity index (χ0n) is 13.2. The molecule has 0 saturated carbocycles. The van der Waals surface area contributed by atoms with Crippen molar-refractivity contribution >= 4 is 5.97 Å². The second kappa shape index (κ2) is 5.80. The van der Waals surface area contributed by atoms with Gasteiger partial charge in [-0.15, -0.1) is 10.3 Å². The number of rotatable bonds is 4. The monoisotopic (exact) mass is 270 g/mol. The van der Waals surface area contributed by atoms with Gasteiger partial charge in [0.1, 0.15) is 6.10 Å². The van der Waals surface area contributed by atoms with Gasteiger partial charge >= 0.3 is 5.97 Å². The molecule has 4 atom stereocenters. The fourth-order valence-electron chi connectivity index (χ4n) is 3.04. The highest BCUT2D eigenvalue weighted by Crippen LogP contribution is 2.45. The highest BCUT2D eigenvalue weighted by atomic mass is 16.5. The summed E-state index contributed by atoms with van der Waals surface area (Å²) >= 11 is 0. The number of nitrogens with zero attached hydrogens (tertiary/aromatic N) is 1. The zero-order valence-corrected chi connectivity index (χ0v) is 13.2. The summed E-state index contributed by atoms with van der Waals surface area (Å²) in [5.74, 6) is -0.127. The van der Waals surface area contributed by atoms with Crippen molar-refractivity contribution in [2.75, 3.05) is 0 Å². The Bertz CT molecular complexity index is 333. The Morgan fingerprint density at radius 3 is 2.26 bits per heavy atom. The van der Waals surface area contributed by atoms with E-state index in [0.29, 0.717) is 12.8 Å². The maximum absolute atomic E-state index is 12.7. The number of esters is 1. The predicted octanol–water partition coefficient (Wildman–Crippen LogP) is 3.33. The summed E-state index contributed by atoms with van der Waals surface area (Å²) in [4.78, 5) is 11.6. The van der Waals surface area contributed by atoms with E-state index >= 15 is 0 Å². The molecule has 1 saturated heterocycles. The molecule has 1 fully saturated rings. The largest absolute Gasteiger partial charge is 0.462 e. The van der Waals surface area contributed by atoms with Gasteiger partial charge in [-0.05, 0) is 26.7 Å². The van der Waals surface area contributed by atoms with Crippen LogP contribution in [0.5, 0.6) is 0 Å². The summed E-state index contributed by atoms with van der Waals surface area (Å²) in [7, 11) is 0. The Hall–Kier alpha value is -0.610. The summed E-state index contributed by atoms with van der Waals surface area (Å²) in [5.41, 5.74) is -0.919. The molecule has 4 heteroatoms. The van der Waals surface area contributed by atoms with E-state index in [2.05, 4.69) is 0 Å². The molecule has 0 amide bonds. The first-order valence-corrected chi connectivity index (χ1v) is 7.42. The van der Waals surface area contributed by atoms with Crippen LogP contribution in [0.4, 0.5) is 0 Å². The maximum atomic E-state index is 12.7. The predicted molar refractivity (Wildman–Crippen MR) is 73.9 cm³/mol. The fraction of sp³-hybridized carbons (Fsp3) is 0.933. The maximum Gasteiger partial charge on any atom is 0.305 e. The minimum Gasteiger partial charge on any atom is -0.462 e. The van der Waals surface area contributed by atoms with Gasteiger partial charge in [0.15, 0.2) is 0 Å². The second-order valence-corrected chi connectivity index (χ2v) is 6.23. The molecule has 4 nitrogen and oxygen atoms in total. The summed E-state index contributed by atoms with van der Waals surface area (Å²) in [5, 5.41) is 14.0. The van der Waals surface area contributed by atoms with Crippen molar-refractivity contribution in [1.29, 1.82) is 0 Å². The molecule has 0 aromatic rings. The van der Waals surface area contributed by atoms with Gasteiger partial charge in [0.25, 0.3) is 0 Å². The SMILES string of the molecule is CCC(=O)OC1CC(C)(CC)N([O])C(C)(CC)C1C. The smallest absolute Gasteiger partial charge is 0.305 e. The summed E-state index contributed by atoms with van der Waals surface area (Å²) in [6.07, 6.45) is 2.37. The first-order valence-electron chi connectivity index (χ1n) is 7.42. The van der Waals surface area contributed by atoms with Crippen LogP contribution in [0.15, 0.2) is 0 Å². The molecular weight excluding hydrogens is 242 g/mol. The first kappa shape index (κ1) is 16.4. The van der Waals surface area contributed by atoms with Crippen LogP contribution in [0.3, 0.4) is 0 Å². The molecule has 0 spiro atoms. The standard InChI is InChI=1S/C15H28NO3/c1-7-13(17)19-12-10-14(5,8-2)16(18)15(6,9-3)11(12)4/h11-12H,7-10H2,1-6H3. The quantitative estimate of drug-likeness (QED) is 0.736. The van der Waals surface area contributed by atoms with Crippen LogP contribution in [-0.2, 0) is 14.7 Å². The third kappa shape index (κ3) is 2.79. The van der Waals surface area contributed by atoms with E-state index in [1.807, 2.05) is 34.6 Å². The molecule has 0 N–H and O–H groups in total. The molecule has 0 bridgehead atoms. The second-order valence-electron chi connectivity index (χ2n) is 6.23. The molecule has 0 aliphatic carbocycles. The van der Waals surface area contributed by atoms with Crippen LogP contribution in [-0.4, -0.2) is 28.2 Å². The van der Waals surface area contributed by atoms with Crippen LogP contribution in [0.1, 0.15) is 67.2 Å². The van der Waals surface area contributed by atoms with E-state index in [1.54, 1.807) is 6.92 Å². The van der Waals surface area contributed by atoms with Crippen molar-refractivity contribution in [1.82, 2.24) is 5.06 Å². The van der Waals surface area contributed by atoms with Gasteiger partial charge in [-0.2, -0.15) is 0 Å². The summed E-state index contributed by atoms with van der Waals surface area (Å²) in [6.45, 7) is 11.8. The highest BCUT2D eigenvalue weighted by molar-refractivity contribution is 5.69. The molecular formula is C15H28NO3. The van der Waals surface area contributed by atoms with Gasteiger partial charge in [-0.3, -0.25) is 4.79 Å². The molecule has 0 aromatic carbocycles. The zero-order chi connectivity index (χ0) is 14.8. The average molecular weight is 270 g/mol. The van der Waals surface area contributed by atoms with Crippen LogP contribution in [0, 0.1) is 5.92 Å². The van der Waals surface area contributed by atoms with Gasteiger partial charge in [0, 0.05) is 18.8 Å². The Kier molecular flexibility index (Phi) is 5.02. The average Bonchev–Trinajstić information content (AvgIpc) is 2.42. The number of ether oxygens (including phenoxy) is 1. The van der Waals surface area contributed by atoms with E-state index in [0.717, 1.165) is 12.8 Å². The number of carbonyl (C=O) groups is 1. The van der Waals surface area contributed by atoms with Crippen molar-refractivity contribution in [2.45, 2.75) is 84.4 Å². The molecule has 1 rings (SSSR count). The van der Waals surface area contributed by atoms with E-state index < -0.39 is 11.1 Å². The third-order valence-corrected chi connectivity index (χ3v) is 5.18. The molecule has 1 heterocycles. The van der Waals surface area contributed by atoms with Gasteiger partial charge in [0.05, 0.1) is 11.1 Å². The van der Waals surface area contributed by atoms with Crippen molar-refractivity contribution in [3.63, 3.8) is 0 Å². The number of hydrogen-bond donors (Lipinski definition) is 0.